The highest BCUT2D eigenvalue weighted by Crippen LogP contribution is 2.25. The first-order valence-corrected chi connectivity index (χ1v) is 9.61. The molecule has 0 atom stereocenters. The quantitative estimate of drug-likeness (QED) is 0.709. The van der Waals surface area contributed by atoms with Crippen LogP contribution < -0.4 is 10.0 Å². The maximum atomic E-state index is 12.2. The topological polar surface area (TPSA) is 113 Å². The van der Waals surface area contributed by atoms with Crippen molar-refractivity contribution in [1.29, 1.82) is 0 Å². The van der Waals surface area contributed by atoms with Crippen LogP contribution in [0, 0.1) is 0 Å². The molecule has 0 saturated heterocycles. The Morgan fingerprint density at radius 1 is 1.16 bits per heavy atom. The van der Waals surface area contributed by atoms with E-state index < -0.39 is 27.3 Å². The van der Waals surface area contributed by atoms with Gasteiger partial charge in [0.05, 0.1) is 15.2 Å². The van der Waals surface area contributed by atoms with E-state index in [4.69, 9.17) is 0 Å². The summed E-state index contributed by atoms with van der Waals surface area (Å²) in [5, 5.41) is 13.3. The number of rotatable bonds is 6. The second-order valence-electron chi connectivity index (χ2n) is 5.82. The zero-order valence-electron chi connectivity index (χ0n) is 13.9. The number of hydrogen-bond acceptors (Lipinski definition) is 5. The van der Waals surface area contributed by atoms with Crippen LogP contribution in [0.1, 0.15) is 29.1 Å². The first-order valence-electron chi connectivity index (χ1n) is 7.25. The van der Waals surface area contributed by atoms with Gasteiger partial charge < -0.3 is 10.4 Å². The molecule has 0 aliphatic rings. The van der Waals surface area contributed by atoms with Crippen molar-refractivity contribution in [3.8, 4) is 0 Å². The number of sulfonamides is 1. The Balaban J connectivity index is 2.15. The minimum absolute atomic E-state index is 0.0312. The highest BCUT2D eigenvalue weighted by Gasteiger charge is 2.29. The summed E-state index contributed by atoms with van der Waals surface area (Å²) < 4.78 is 25.6. The number of nitrogens with one attached hydrogen (secondary N) is 2. The lowest BCUT2D eigenvalue weighted by atomic mass is 9.85. The van der Waals surface area contributed by atoms with Crippen LogP contribution >= 0.6 is 11.3 Å². The van der Waals surface area contributed by atoms with Crippen molar-refractivity contribution < 1.29 is 23.1 Å². The third kappa shape index (κ3) is 4.06. The van der Waals surface area contributed by atoms with Crippen LogP contribution in [-0.2, 0) is 20.2 Å². The van der Waals surface area contributed by atoms with Crippen LogP contribution in [0.15, 0.2) is 40.6 Å². The standard InChI is InChI=1S/C16H18N2O5S2/c1-16(2,15(20)21)10-4-6-11(7-5-10)18-14(19)13-8-12(9-24-13)25(22,23)17-3/h4-9,17H,1-3H3,(H,18,19)(H,20,21). The molecule has 0 fully saturated rings. The van der Waals surface area contributed by atoms with Crippen molar-refractivity contribution in [1.82, 2.24) is 4.72 Å². The van der Waals surface area contributed by atoms with E-state index in [9.17, 15) is 23.1 Å². The van der Waals surface area contributed by atoms with Gasteiger partial charge in [0.15, 0.2) is 0 Å². The minimum Gasteiger partial charge on any atom is -0.481 e. The number of anilines is 1. The van der Waals surface area contributed by atoms with Gasteiger partial charge in [-0.05, 0) is 44.7 Å². The summed E-state index contributed by atoms with van der Waals surface area (Å²) in [5.74, 6) is -1.38. The summed E-state index contributed by atoms with van der Waals surface area (Å²) in [6.07, 6.45) is 0. The molecule has 0 aliphatic heterocycles. The van der Waals surface area contributed by atoms with Crippen LogP contribution in [0.2, 0.25) is 0 Å². The van der Waals surface area contributed by atoms with Crippen molar-refractivity contribution in [2.45, 2.75) is 24.2 Å². The fraction of sp³-hybridized carbons (Fsp3) is 0.250. The van der Waals surface area contributed by atoms with Crippen LogP contribution in [0.3, 0.4) is 0 Å². The average molecular weight is 382 g/mol. The third-order valence-electron chi connectivity index (χ3n) is 3.78. The summed E-state index contributed by atoms with van der Waals surface area (Å²) >= 11 is 1.02. The summed E-state index contributed by atoms with van der Waals surface area (Å²) in [7, 11) is -2.29. The van der Waals surface area contributed by atoms with E-state index in [2.05, 4.69) is 10.0 Å². The summed E-state index contributed by atoms with van der Waals surface area (Å²) in [6.45, 7) is 3.19. The van der Waals surface area contributed by atoms with Crippen molar-refractivity contribution in [2.24, 2.45) is 0 Å². The monoisotopic (exact) mass is 382 g/mol. The molecule has 2 rings (SSSR count). The second kappa shape index (κ2) is 6.95. The maximum Gasteiger partial charge on any atom is 0.313 e. The molecule has 0 aliphatic carbocycles. The first kappa shape index (κ1) is 19.1. The third-order valence-corrected chi connectivity index (χ3v) is 6.25. The molecule has 0 spiro atoms. The second-order valence-corrected chi connectivity index (χ2v) is 8.61. The maximum absolute atomic E-state index is 12.2. The Morgan fingerprint density at radius 3 is 2.28 bits per heavy atom. The molecule has 3 N–H and O–H groups in total. The number of aliphatic carboxylic acids is 1. The predicted molar refractivity (Wildman–Crippen MR) is 95.6 cm³/mol. The lowest BCUT2D eigenvalue weighted by molar-refractivity contribution is -0.142. The van der Waals surface area contributed by atoms with Gasteiger partial charge in [-0.1, -0.05) is 12.1 Å². The molecule has 9 heteroatoms. The van der Waals surface area contributed by atoms with Crippen LogP contribution in [0.5, 0.6) is 0 Å². The molecule has 1 aromatic carbocycles. The van der Waals surface area contributed by atoms with Crippen molar-refractivity contribution in [2.75, 3.05) is 12.4 Å². The molecule has 25 heavy (non-hydrogen) atoms. The Kier molecular flexibility index (Phi) is 5.31. The number of carbonyl (C=O) groups excluding carboxylic acids is 1. The average Bonchev–Trinajstić information content (AvgIpc) is 3.06. The Labute approximate surface area is 149 Å². The normalized spacial score (nSPS) is 12.0. The largest absolute Gasteiger partial charge is 0.481 e. The van der Waals surface area contributed by atoms with Gasteiger partial charge in [-0.2, -0.15) is 0 Å². The van der Waals surface area contributed by atoms with Gasteiger partial charge >= 0.3 is 5.97 Å². The van der Waals surface area contributed by atoms with E-state index in [1.165, 1.54) is 18.5 Å². The molecular weight excluding hydrogens is 364 g/mol. The zero-order chi connectivity index (χ0) is 18.8. The molecular formula is C16H18N2O5S2. The number of thiophene rings is 1. The van der Waals surface area contributed by atoms with Gasteiger partial charge in [0, 0.05) is 11.1 Å². The predicted octanol–water partition coefficient (Wildman–Crippen LogP) is 2.27. The Bertz CT molecular complexity index is 899. The highest BCUT2D eigenvalue weighted by molar-refractivity contribution is 7.89. The lowest BCUT2D eigenvalue weighted by Gasteiger charge is -2.19. The van der Waals surface area contributed by atoms with Gasteiger partial charge in [-0.15, -0.1) is 11.3 Å². The number of amides is 1. The molecule has 1 aromatic heterocycles. The number of carboxylic acid groups (broad SMARTS) is 1. The molecule has 7 nitrogen and oxygen atoms in total. The SMILES string of the molecule is CNS(=O)(=O)c1csc(C(=O)Nc2ccc(C(C)(C)C(=O)O)cc2)c1. The number of carbonyl (C=O) groups is 2. The van der Waals surface area contributed by atoms with Gasteiger partial charge in [0.2, 0.25) is 10.0 Å². The molecule has 0 saturated carbocycles. The lowest BCUT2D eigenvalue weighted by Crippen LogP contribution is -2.28. The van der Waals surface area contributed by atoms with Crippen molar-refractivity contribution >= 4 is 38.9 Å². The van der Waals surface area contributed by atoms with Crippen LogP contribution in [0.25, 0.3) is 0 Å². The first-order chi connectivity index (χ1) is 11.6. The molecule has 1 amide bonds. The summed E-state index contributed by atoms with van der Waals surface area (Å²) in [4.78, 5) is 23.8. The van der Waals surface area contributed by atoms with Gasteiger partial charge in [0.25, 0.3) is 5.91 Å². The zero-order valence-corrected chi connectivity index (χ0v) is 15.5. The summed E-state index contributed by atoms with van der Waals surface area (Å²) in [5.41, 5.74) is 0.0602. The molecule has 0 radical (unpaired) electrons. The van der Waals surface area contributed by atoms with Crippen LogP contribution in [0.4, 0.5) is 5.69 Å². The van der Waals surface area contributed by atoms with E-state index in [0.29, 0.717) is 11.3 Å². The Hall–Kier alpha value is -2.23. The smallest absolute Gasteiger partial charge is 0.313 e. The van der Waals surface area contributed by atoms with E-state index in [1.54, 1.807) is 38.1 Å². The van der Waals surface area contributed by atoms with Gasteiger partial charge in [-0.3, -0.25) is 9.59 Å². The molecule has 1 heterocycles. The van der Waals surface area contributed by atoms with E-state index in [-0.39, 0.29) is 9.77 Å². The Morgan fingerprint density at radius 2 is 1.76 bits per heavy atom. The number of benzene rings is 1. The number of hydrogen-bond donors (Lipinski definition) is 3. The van der Waals surface area contributed by atoms with E-state index in [0.717, 1.165) is 11.3 Å². The molecule has 2 aromatic rings. The molecule has 134 valence electrons. The van der Waals surface area contributed by atoms with Crippen molar-refractivity contribution in [3.05, 3.63) is 46.2 Å². The van der Waals surface area contributed by atoms with E-state index >= 15 is 0 Å². The summed E-state index contributed by atoms with van der Waals surface area (Å²) in [6, 6.07) is 7.78. The number of carboxylic acids is 1. The van der Waals surface area contributed by atoms with Gasteiger partial charge in [0.1, 0.15) is 0 Å². The fourth-order valence-electron chi connectivity index (χ4n) is 1.98. The van der Waals surface area contributed by atoms with E-state index in [1.807, 2.05) is 0 Å². The minimum atomic E-state index is -3.59. The molecule has 0 unspecified atom stereocenters. The molecule has 0 bridgehead atoms. The highest BCUT2D eigenvalue weighted by atomic mass is 32.2. The fourth-order valence-corrected chi connectivity index (χ4v) is 3.88. The van der Waals surface area contributed by atoms with Crippen molar-refractivity contribution in [3.63, 3.8) is 0 Å². The van der Waals surface area contributed by atoms with Crippen LogP contribution in [-0.4, -0.2) is 32.4 Å². The van der Waals surface area contributed by atoms with Gasteiger partial charge in [-0.25, -0.2) is 13.1 Å².